The largest absolute Gasteiger partial charge is 0.497 e. The number of ether oxygens (including phenoxy) is 2. The number of amides is 1. The summed E-state index contributed by atoms with van der Waals surface area (Å²) >= 11 is 6.37. The van der Waals surface area contributed by atoms with Crippen LogP contribution in [-0.2, 0) is 21.3 Å². The minimum Gasteiger partial charge on any atom is -0.497 e. The fraction of sp³-hybridized carbons (Fsp3) is 0.321. The van der Waals surface area contributed by atoms with Gasteiger partial charge in [-0.3, -0.25) is 9.52 Å². The number of anilines is 2. The van der Waals surface area contributed by atoms with Crippen LogP contribution in [0, 0.1) is 0 Å². The van der Waals surface area contributed by atoms with Crippen molar-refractivity contribution in [3.63, 3.8) is 0 Å². The van der Waals surface area contributed by atoms with Crippen LogP contribution in [0.2, 0.25) is 5.02 Å². The molecule has 0 saturated carbocycles. The molecule has 8 nitrogen and oxygen atoms in total. The molecule has 10 heteroatoms. The van der Waals surface area contributed by atoms with Gasteiger partial charge in [0, 0.05) is 45.2 Å². The molecular weight excluding hydrogens is 526 g/mol. The van der Waals surface area contributed by atoms with Crippen LogP contribution < -0.4 is 14.4 Å². The van der Waals surface area contributed by atoms with Gasteiger partial charge in [-0.1, -0.05) is 23.7 Å². The van der Waals surface area contributed by atoms with E-state index in [1.165, 1.54) is 19.2 Å². The van der Waals surface area contributed by atoms with Gasteiger partial charge in [-0.2, -0.15) is 0 Å². The first-order valence-corrected chi connectivity index (χ1v) is 14.2. The second-order valence-electron chi connectivity index (χ2n) is 9.32. The Hall–Kier alpha value is -3.27. The minimum absolute atomic E-state index is 0.0685. The molecular formula is C28H32ClN3O5S. The molecule has 3 aromatic rings. The fourth-order valence-electron chi connectivity index (χ4n) is 4.44. The Bertz CT molecular complexity index is 1370. The quantitative estimate of drug-likeness (QED) is 0.376. The number of carbonyl (C=O) groups excluding carboxylic acids is 1. The highest BCUT2D eigenvalue weighted by molar-refractivity contribution is 7.92. The average molecular weight is 558 g/mol. The first kappa shape index (κ1) is 27.8. The highest BCUT2D eigenvalue weighted by Crippen LogP contribution is 2.28. The van der Waals surface area contributed by atoms with Crippen molar-refractivity contribution >= 4 is 38.9 Å². The molecule has 202 valence electrons. The second kappa shape index (κ2) is 12.1. The van der Waals surface area contributed by atoms with Crippen molar-refractivity contribution < 1.29 is 22.7 Å². The summed E-state index contributed by atoms with van der Waals surface area (Å²) in [4.78, 5) is 17.4. The molecule has 1 amide bonds. The summed E-state index contributed by atoms with van der Waals surface area (Å²) in [5, 5.41) is 0.378. The van der Waals surface area contributed by atoms with Gasteiger partial charge in [0.05, 0.1) is 28.7 Å². The maximum Gasteiger partial charge on any atom is 0.261 e. The van der Waals surface area contributed by atoms with Gasteiger partial charge in [-0.05, 0) is 73.0 Å². The number of nitrogens with one attached hydrogen (secondary N) is 1. The smallest absolute Gasteiger partial charge is 0.261 e. The van der Waals surface area contributed by atoms with Gasteiger partial charge in [-0.25, -0.2) is 8.42 Å². The molecule has 3 aromatic carbocycles. The molecule has 1 heterocycles. The van der Waals surface area contributed by atoms with E-state index in [0.717, 1.165) is 24.1 Å². The standard InChI is InChI=1S/C28H32ClN3O5S/c1-31(2)27-15-10-21(30-38(34,35)24-13-11-22(36-3)12-14-24)17-20(27)18-32(19-23-7-6-16-37-23)28(33)25-8-4-5-9-26(25)29/h4-5,8-15,17,23,30H,6-7,16,18-19H2,1-3H3. The number of nitrogens with zero attached hydrogens (tertiary/aromatic N) is 2. The number of hydrogen-bond acceptors (Lipinski definition) is 6. The van der Waals surface area contributed by atoms with Crippen LogP contribution in [0.15, 0.2) is 71.6 Å². The normalized spacial score (nSPS) is 15.2. The Kier molecular flexibility index (Phi) is 8.81. The van der Waals surface area contributed by atoms with Gasteiger partial charge >= 0.3 is 0 Å². The highest BCUT2D eigenvalue weighted by Gasteiger charge is 2.26. The van der Waals surface area contributed by atoms with Crippen LogP contribution in [0.3, 0.4) is 0 Å². The van der Waals surface area contributed by atoms with Gasteiger partial charge in [0.2, 0.25) is 0 Å². The number of methoxy groups -OCH3 is 1. The molecule has 38 heavy (non-hydrogen) atoms. The molecule has 0 spiro atoms. The lowest BCUT2D eigenvalue weighted by Gasteiger charge is -2.28. The highest BCUT2D eigenvalue weighted by atomic mass is 35.5. The van der Waals surface area contributed by atoms with Crippen molar-refractivity contribution in [2.45, 2.75) is 30.4 Å². The van der Waals surface area contributed by atoms with E-state index in [2.05, 4.69) is 4.72 Å². The number of rotatable bonds is 10. The maximum absolute atomic E-state index is 13.6. The molecule has 1 unspecified atom stereocenters. The number of halogens is 1. The molecule has 1 aliphatic rings. The lowest BCUT2D eigenvalue weighted by molar-refractivity contribution is 0.0507. The number of carbonyl (C=O) groups is 1. The zero-order valence-electron chi connectivity index (χ0n) is 21.7. The van der Waals surface area contributed by atoms with E-state index in [9.17, 15) is 13.2 Å². The first-order valence-electron chi connectivity index (χ1n) is 12.3. The van der Waals surface area contributed by atoms with Crippen molar-refractivity contribution in [3.05, 3.63) is 82.9 Å². The molecule has 4 rings (SSSR count). The monoisotopic (exact) mass is 557 g/mol. The van der Waals surface area contributed by atoms with Gasteiger partial charge in [0.15, 0.2) is 0 Å². The summed E-state index contributed by atoms with van der Waals surface area (Å²) in [5.74, 6) is 0.358. The fourth-order valence-corrected chi connectivity index (χ4v) is 5.71. The number of sulfonamides is 1. The summed E-state index contributed by atoms with van der Waals surface area (Å²) in [7, 11) is 1.49. The SMILES string of the molecule is COc1ccc(S(=O)(=O)Nc2ccc(N(C)C)c(CN(CC3CCCO3)C(=O)c3ccccc3Cl)c2)cc1. The number of benzene rings is 3. The lowest BCUT2D eigenvalue weighted by Crippen LogP contribution is -2.37. The average Bonchev–Trinajstić information content (AvgIpc) is 3.41. The molecule has 1 atom stereocenters. The van der Waals surface area contributed by atoms with E-state index in [4.69, 9.17) is 21.1 Å². The lowest BCUT2D eigenvalue weighted by atomic mass is 10.1. The van der Waals surface area contributed by atoms with Crippen molar-refractivity contribution in [2.75, 3.05) is 44.0 Å². The molecule has 0 aliphatic carbocycles. The van der Waals surface area contributed by atoms with E-state index < -0.39 is 10.0 Å². The van der Waals surface area contributed by atoms with Crippen molar-refractivity contribution in [1.29, 1.82) is 0 Å². The van der Waals surface area contributed by atoms with Crippen LogP contribution in [0.25, 0.3) is 0 Å². The second-order valence-corrected chi connectivity index (χ2v) is 11.4. The zero-order chi connectivity index (χ0) is 27.3. The summed E-state index contributed by atoms with van der Waals surface area (Å²) in [6.45, 7) is 1.32. The van der Waals surface area contributed by atoms with E-state index in [1.54, 1.807) is 53.4 Å². The van der Waals surface area contributed by atoms with Crippen LogP contribution >= 0.6 is 11.6 Å². The molecule has 0 aromatic heterocycles. The van der Waals surface area contributed by atoms with Crippen LogP contribution in [-0.4, -0.2) is 59.7 Å². The summed E-state index contributed by atoms with van der Waals surface area (Å²) in [6, 6.07) is 18.4. The predicted molar refractivity (Wildman–Crippen MR) is 150 cm³/mol. The van der Waals surface area contributed by atoms with Gasteiger partial charge in [0.25, 0.3) is 15.9 Å². The minimum atomic E-state index is -3.84. The zero-order valence-corrected chi connectivity index (χ0v) is 23.3. The Morgan fingerprint density at radius 2 is 1.84 bits per heavy atom. The van der Waals surface area contributed by atoms with Crippen LogP contribution in [0.4, 0.5) is 11.4 Å². The summed E-state index contributed by atoms with van der Waals surface area (Å²) < 4.78 is 39.7. The topological polar surface area (TPSA) is 88.2 Å². The Morgan fingerprint density at radius 1 is 1.11 bits per heavy atom. The Balaban J connectivity index is 1.65. The number of hydrogen-bond donors (Lipinski definition) is 1. The van der Waals surface area contributed by atoms with Gasteiger partial charge in [-0.15, -0.1) is 0 Å². The predicted octanol–water partition coefficient (Wildman–Crippen LogP) is 5.04. The maximum atomic E-state index is 13.6. The molecule has 1 aliphatic heterocycles. The molecule has 0 bridgehead atoms. The third kappa shape index (κ3) is 6.59. The van der Waals surface area contributed by atoms with Crippen LogP contribution in [0.1, 0.15) is 28.8 Å². The van der Waals surface area contributed by atoms with Crippen molar-refractivity contribution in [3.8, 4) is 5.75 Å². The molecule has 0 radical (unpaired) electrons. The van der Waals surface area contributed by atoms with E-state index in [1.807, 2.05) is 25.1 Å². The van der Waals surface area contributed by atoms with Crippen LogP contribution in [0.5, 0.6) is 5.75 Å². The third-order valence-corrected chi connectivity index (χ3v) is 8.11. The van der Waals surface area contributed by atoms with Crippen molar-refractivity contribution in [1.82, 2.24) is 4.90 Å². The van der Waals surface area contributed by atoms with E-state index in [0.29, 0.717) is 35.2 Å². The Labute approximate surface area is 229 Å². The van der Waals surface area contributed by atoms with Gasteiger partial charge < -0.3 is 19.3 Å². The molecule has 1 fully saturated rings. The summed E-state index contributed by atoms with van der Waals surface area (Å²) in [6.07, 6.45) is 1.75. The van der Waals surface area contributed by atoms with Gasteiger partial charge in [0.1, 0.15) is 5.75 Å². The first-order chi connectivity index (χ1) is 18.2. The molecule has 1 saturated heterocycles. The van der Waals surface area contributed by atoms with E-state index >= 15 is 0 Å². The third-order valence-electron chi connectivity index (χ3n) is 6.38. The van der Waals surface area contributed by atoms with Crippen molar-refractivity contribution in [2.24, 2.45) is 0 Å². The Morgan fingerprint density at radius 3 is 2.47 bits per heavy atom. The summed E-state index contributed by atoms with van der Waals surface area (Å²) in [5.41, 5.74) is 2.45. The van der Waals surface area contributed by atoms with E-state index in [-0.39, 0.29) is 23.5 Å². The molecule has 1 N–H and O–H groups in total.